The van der Waals surface area contributed by atoms with Gasteiger partial charge in [0.05, 0.1) is 18.8 Å². The van der Waals surface area contributed by atoms with E-state index in [9.17, 15) is 20.1 Å². The lowest BCUT2D eigenvalue weighted by molar-refractivity contribution is -0.146. The first-order chi connectivity index (χ1) is 7.88. The van der Waals surface area contributed by atoms with E-state index in [0.29, 0.717) is 0 Å². The standard InChI is InChI=1S/C9H15NO7/c10-6-3(12)1-5(9(15)16)17-8(6)7(14)4(13)2-11/h1,3-4,6-8,11-14H,2,10H2,(H,15,16)/t3-,4-,6+,7?,8+/m0/s1. The summed E-state index contributed by atoms with van der Waals surface area (Å²) in [7, 11) is 0. The molecule has 1 aliphatic heterocycles. The summed E-state index contributed by atoms with van der Waals surface area (Å²) in [5.41, 5.74) is 5.51. The van der Waals surface area contributed by atoms with Gasteiger partial charge in [0.15, 0.2) is 0 Å². The number of carbonyl (C=O) groups is 1. The van der Waals surface area contributed by atoms with Gasteiger partial charge in [0.2, 0.25) is 5.76 Å². The molecule has 0 aliphatic carbocycles. The molecule has 1 heterocycles. The Kier molecular flexibility index (Phi) is 4.43. The molecule has 7 N–H and O–H groups in total. The predicted molar refractivity (Wildman–Crippen MR) is 53.7 cm³/mol. The van der Waals surface area contributed by atoms with Crippen molar-refractivity contribution in [2.24, 2.45) is 5.73 Å². The van der Waals surface area contributed by atoms with E-state index in [2.05, 4.69) is 0 Å². The largest absolute Gasteiger partial charge is 0.479 e. The summed E-state index contributed by atoms with van der Waals surface area (Å²) in [4.78, 5) is 10.7. The molecule has 5 atom stereocenters. The minimum atomic E-state index is -1.60. The van der Waals surface area contributed by atoms with Crippen molar-refractivity contribution < 1.29 is 35.1 Å². The first-order valence-electron chi connectivity index (χ1n) is 4.91. The van der Waals surface area contributed by atoms with E-state index in [1.807, 2.05) is 0 Å². The maximum Gasteiger partial charge on any atom is 0.370 e. The van der Waals surface area contributed by atoms with Crippen molar-refractivity contribution in [1.29, 1.82) is 0 Å². The van der Waals surface area contributed by atoms with Gasteiger partial charge in [0.1, 0.15) is 18.3 Å². The molecule has 0 fully saturated rings. The maximum atomic E-state index is 10.7. The van der Waals surface area contributed by atoms with Crippen LogP contribution in [-0.2, 0) is 9.53 Å². The summed E-state index contributed by atoms with van der Waals surface area (Å²) in [5, 5.41) is 45.6. The molecule has 8 nitrogen and oxygen atoms in total. The van der Waals surface area contributed by atoms with Crippen LogP contribution in [-0.4, -0.2) is 68.6 Å². The number of ether oxygens (including phenoxy) is 1. The Morgan fingerprint density at radius 3 is 2.59 bits per heavy atom. The van der Waals surface area contributed by atoms with Crippen molar-refractivity contribution in [2.45, 2.75) is 30.5 Å². The summed E-state index contributed by atoms with van der Waals surface area (Å²) in [6.45, 7) is -0.740. The lowest BCUT2D eigenvalue weighted by Gasteiger charge is -2.35. The molecular weight excluding hydrogens is 234 g/mol. The number of aliphatic carboxylic acids is 1. The molecule has 0 aromatic carbocycles. The van der Waals surface area contributed by atoms with Crippen molar-refractivity contribution in [3.63, 3.8) is 0 Å². The molecule has 0 saturated heterocycles. The van der Waals surface area contributed by atoms with Crippen molar-refractivity contribution in [3.8, 4) is 0 Å². The van der Waals surface area contributed by atoms with Gasteiger partial charge in [-0.05, 0) is 6.08 Å². The topological polar surface area (TPSA) is 153 Å². The number of hydrogen-bond donors (Lipinski definition) is 6. The Balaban J connectivity index is 2.87. The number of carboxylic acid groups (broad SMARTS) is 1. The molecule has 0 spiro atoms. The number of aliphatic hydroxyl groups excluding tert-OH is 4. The van der Waals surface area contributed by atoms with E-state index in [4.69, 9.17) is 20.7 Å². The third-order valence-corrected chi connectivity index (χ3v) is 2.49. The molecule has 0 saturated carbocycles. The fourth-order valence-corrected chi connectivity index (χ4v) is 1.47. The van der Waals surface area contributed by atoms with Gasteiger partial charge in [-0.2, -0.15) is 0 Å². The van der Waals surface area contributed by atoms with E-state index < -0.39 is 48.8 Å². The smallest absolute Gasteiger partial charge is 0.370 e. The van der Waals surface area contributed by atoms with Gasteiger partial charge in [-0.15, -0.1) is 0 Å². The third-order valence-electron chi connectivity index (χ3n) is 2.49. The first kappa shape index (κ1) is 13.9. The van der Waals surface area contributed by atoms with Crippen molar-refractivity contribution in [3.05, 3.63) is 11.8 Å². The van der Waals surface area contributed by atoms with Gasteiger partial charge in [-0.1, -0.05) is 0 Å². The van der Waals surface area contributed by atoms with Crippen molar-refractivity contribution in [2.75, 3.05) is 6.61 Å². The summed E-state index contributed by atoms with van der Waals surface area (Å²) in [6, 6.07) is -1.10. The molecule has 0 aromatic rings. The minimum Gasteiger partial charge on any atom is -0.479 e. The molecule has 0 aromatic heterocycles. The fraction of sp³-hybridized carbons (Fsp3) is 0.667. The zero-order valence-corrected chi connectivity index (χ0v) is 8.80. The summed E-state index contributed by atoms with van der Waals surface area (Å²) in [5.74, 6) is -1.99. The second-order valence-electron chi connectivity index (χ2n) is 3.73. The van der Waals surface area contributed by atoms with Crippen molar-refractivity contribution in [1.82, 2.24) is 0 Å². The van der Waals surface area contributed by atoms with Crippen LogP contribution in [0.25, 0.3) is 0 Å². The molecule has 0 radical (unpaired) electrons. The highest BCUT2D eigenvalue weighted by Crippen LogP contribution is 2.21. The molecule has 1 unspecified atom stereocenters. The highest BCUT2D eigenvalue weighted by atomic mass is 16.5. The van der Waals surface area contributed by atoms with Crippen LogP contribution in [0, 0.1) is 0 Å². The van der Waals surface area contributed by atoms with E-state index >= 15 is 0 Å². The Morgan fingerprint density at radius 2 is 2.12 bits per heavy atom. The molecule has 0 bridgehead atoms. The monoisotopic (exact) mass is 249 g/mol. The minimum absolute atomic E-state index is 0.562. The lowest BCUT2D eigenvalue weighted by atomic mass is 9.95. The van der Waals surface area contributed by atoms with Gasteiger partial charge in [0.25, 0.3) is 0 Å². The lowest BCUT2D eigenvalue weighted by Crippen LogP contribution is -2.57. The fourth-order valence-electron chi connectivity index (χ4n) is 1.47. The third kappa shape index (κ3) is 2.93. The first-order valence-corrected chi connectivity index (χ1v) is 4.91. The molecule has 1 aliphatic rings. The Labute approximate surface area is 96.5 Å². The zero-order chi connectivity index (χ0) is 13.2. The Morgan fingerprint density at radius 1 is 1.53 bits per heavy atom. The van der Waals surface area contributed by atoms with Crippen LogP contribution in [0.15, 0.2) is 11.8 Å². The van der Waals surface area contributed by atoms with E-state index in [1.54, 1.807) is 0 Å². The maximum absolute atomic E-state index is 10.7. The molecule has 0 amide bonds. The molecule has 17 heavy (non-hydrogen) atoms. The van der Waals surface area contributed by atoms with Gasteiger partial charge in [-0.25, -0.2) is 4.79 Å². The second kappa shape index (κ2) is 5.43. The summed E-state index contributed by atoms with van der Waals surface area (Å²) < 4.78 is 4.87. The van der Waals surface area contributed by atoms with Gasteiger partial charge < -0.3 is 36.0 Å². The van der Waals surface area contributed by atoms with Crippen LogP contribution in [0.3, 0.4) is 0 Å². The van der Waals surface area contributed by atoms with Gasteiger partial charge in [0, 0.05) is 0 Å². The summed E-state index contributed by atoms with van der Waals surface area (Å²) >= 11 is 0. The van der Waals surface area contributed by atoms with Crippen LogP contribution >= 0.6 is 0 Å². The predicted octanol–water partition coefficient (Wildman–Crippen LogP) is -3.24. The average molecular weight is 249 g/mol. The summed E-state index contributed by atoms with van der Waals surface area (Å²) in [6.07, 6.45) is -4.87. The van der Waals surface area contributed by atoms with E-state index in [1.165, 1.54) is 0 Å². The van der Waals surface area contributed by atoms with Crippen LogP contribution < -0.4 is 5.73 Å². The SMILES string of the molecule is N[C@@H]1[C@@H](O)C=C(C(=O)O)O[C@H]1C(O)[C@@H](O)CO. The number of carboxylic acids is 1. The molecular formula is C9H15NO7. The molecule has 98 valence electrons. The number of nitrogens with two attached hydrogens (primary N) is 1. The van der Waals surface area contributed by atoms with Crippen LogP contribution in [0.1, 0.15) is 0 Å². The molecule has 8 heteroatoms. The van der Waals surface area contributed by atoms with Crippen molar-refractivity contribution >= 4 is 5.97 Å². The molecule has 1 rings (SSSR count). The number of rotatable bonds is 4. The van der Waals surface area contributed by atoms with Crippen LogP contribution in [0.4, 0.5) is 0 Å². The van der Waals surface area contributed by atoms with Crippen LogP contribution in [0.5, 0.6) is 0 Å². The second-order valence-corrected chi connectivity index (χ2v) is 3.73. The average Bonchev–Trinajstić information content (AvgIpc) is 2.30. The van der Waals surface area contributed by atoms with E-state index in [0.717, 1.165) is 6.08 Å². The Hall–Kier alpha value is -1.19. The van der Waals surface area contributed by atoms with Gasteiger partial charge >= 0.3 is 5.97 Å². The quantitative estimate of drug-likeness (QED) is 0.304. The zero-order valence-electron chi connectivity index (χ0n) is 8.80. The highest BCUT2D eigenvalue weighted by Gasteiger charge is 2.40. The number of hydrogen-bond acceptors (Lipinski definition) is 7. The highest BCUT2D eigenvalue weighted by molar-refractivity contribution is 5.84. The normalized spacial score (nSPS) is 32.3. The van der Waals surface area contributed by atoms with Crippen LogP contribution in [0.2, 0.25) is 0 Å². The Bertz CT molecular complexity index is 318. The number of aliphatic hydroxyl groups is 4. The van der Waals surface area contributed by atoms with Gasteiger partial charge in [-0.3, -0.25) is 0 Å². The van der Waals surface area contributed by atoms with E-state index in [-0.39, 0.29) is 0 Å².